The lowest BCUT2D eigenvalue weighted by molar-refractivity contribution is -0.144. The zero-order valence-electron chi connectivity index (χ0n) is 10.0. The molecule has 3 unspecified atom stereocenters. The van der Waals surface area contributed by atoms with E-state index < -0.39 is 0 Å². The van der Waals surface area contributed by atoms with Crippen molar-refractivity contribution < 1.29 is 9.53 Å². The van der Waals surface area contributed by atoms with Gasteiger partial charge in [-0.25, -0.2) is 0 Å². The molecule has 0 saturated carbocycles. The molecule has 3 heteroatoms. The van der Waals surface area contributed by atoms with Crippen LogP contribution in [0.4, 0.5) is 0 Å². The zero-order valence-corrected chi connectivity index (χ0v) is 10.0. The molecule has 1 aromatic carbocycles. The van der Waals surface area contributed by atoms with Crippen molar-refractivity contribution in [1.29, 1.82) is 0 Å². The van der Waals surface area contributed by atoms with E-state index in [1.54, 1.807) is 0 Å². The molecule has 2 fully saturated rings. The molecule has 0 aromatic heterocycles. The normalized spacial score (nSPS) is 32.5. The first kappa shape index (κ1) is 10.8. The summed E-state index contributed by atoms with van der Waals surface area (Å²) in [5, 5.41) is 0. The molecule has 17 heavy (non-hydrogen) atoms. The molecule has 2 aliphatic rings. The molecule has 3 rings (SSSR count). The van der Waals surface area contributed by atoms with Gasteiger partial charge in [0, 0.05) is 25.6 Å². The van der Waals surface area contributed by atoms with Crippen LogP contribution in [0.2, 0.25) is 0 Å². The quantitative estimate of drug-likeness (QED) is 0.725. The Morgan fingerprint density at radius 3 is 2.76 bits per heavy atom. The summed E-state index contributed by atoms with van der Waals surface area (Å²) in [6, 6.07) is 10.4. The largest absolute Gasteiger partial charge is 0.462 e. The lowest BCUT2D eigenvalue weighted by atomic mass is 9.95. The predicted octanol–water partition coefficient (Wildman–Crippen LogP) is 1.68. The van der Waals surface area contributed by atoms with Crippen LogP contribution in [0.3, 0.4) is 0 Å². The fourth-order valence-electron chi connectivity index (χ4n) is 2.97. The number of hydrogen-bond acceptors (Lipinski definition) is 3. The summed E-state index contributed by atoms with van der Waals surface area (Å²) in [6.07, 6.45) is 0.0910. The number of cyclic esters (lactones) is 1. The third-order valence-corrected chi connectivity index (χ3v) is 3.90. The Labute approximate surface area is 101 Å². The van der Waals surface area contributed by atoms with Crippen molar-refractivity contribution in [3.05, 3.63) is 35.9 Å². The maximum Gasteiger partial charge on any atom is 0.310 e. The second-order valence-corrected chi connectivity index (χ2v) is 5.09. The third kappa shape index (κ3) is 1.95. The molecule has 0 N–H and O–H groups in total. The van der Waals surface area contributed by atoms with Gasteiger partial charge in [0.15, 0.2) is 0 Å². The van der Waals surface area contributed by atoms with Crippen LogP contribution in [0.1, 0.15) is 12.5 Å². The average Bonchev–Trinajstić information content (AvgIpc) is 2.83. The Bertz CT molecular complexity index is 417. The zero-order chi connectivity index (χ0) is 11.8. The molecular weight excluding hydrogens is 214 g/mol. The Morgan fingerprint density at radius 1 is 1.29 bits per heavy atom. The third-order valence-electron chi connectivity index (χ3n) is 3.90. The van der Waals surface area contributed by atoms with Gasteiger partial charge in [-0.2, -0.15) is 0 Å². The van der Waals surface area contributed by atoms with Gasteiger partial charge in [-0.3, -0.25) is 9.69 Å². The molecule has 90 valence electrons. The van der Waals surface area contributed by atoms with Crippen LogP contribution in [-0.2, 0) is 16.1 Å². The standard InChI is InChI=1S/C14H17NO2/c1-10-12-8-15(9-13(12)14(16)17-10)7-11-5-3-2-4-6-11/h2-6,10,12-13H,7-9H2,1H3. The second kappa shape index (κ2) is 4.15. The minimum atomic E-state index is -0.00179. The van der Waals surface area contributed by atoms with Gasteiger partial charge < -0.3 is 4.74 Å². The molecule has 3 nitrogen and oxygen atoms in total. The Hall–Kier alpha value is -1.35. The van der Waals surface area contributed by atoms with Gasteiger partial charge in [-0.15, -0.1) is 0 Å². The number of benzene rings is 1. The van der Waals surface area contributed by atoms with Crippen molar-refractivity contribution in [3.63, 3.8) is 0 Å². The number of ether oxygens (including phenoxy) is 1. The Morgan fingerprint density at radius 2 is 2.06 bits per heavy atom. The molecule has 2 aliphatic heterocycles. The summed E-state index contributed by atoms with van der Waals surface area (Å²) in [5.74, 6) is 0.498. The highest BCUT2D eigenvalue weighted by molar-refractivity contribution is 5.76. The Kier molecular flexibility index (Phi) is 2.63. The molecule has 0 amide bonds. The average molecular weight is 231 g/mol. The van der Waals surface area contributed by atoms with Crippen molar-refractivity contribution in [2.75, 3.05) is 13.1 Å². The van der Waals surface area contributed by atoms with Crippen molar-refractivity contribution in [2.45, 2.75) is 19.6 Å². The number of carbonyl (C=O) groups excluding carboxylic acids is 1. The molecule has 2 saturated heterocycles. The molecule has 0 spiro atoms. The lowest BCUT2D eigenvalue weighted by Crippen LogP contribution is -2.25. The molecule has 1 aromatic rings. The second-order valence-electron chi connectivity index (χ2n) is 5.09. The highest BCUT2D eigenvalue weighted by Crippen LogP contribution is 2.35. The maximum absolute atomic E-state index is 11.6. The SMILES string of the molecule is CC1OC(=O)C2CN(Cc3ccccc3)CC12. The van der Waals surface area contributed by atoms with Gasteiger partial charge in [0.25, 0.3) is 0 Å². The minimum Gasteiger partial charge on any atom is -0.462 e. The number of fused-ring (bicyclic) bond motifs is 1. The van der Waals surface area contributed by atoms with Gasteiger partial charge in [0.2, 0.25) is 0 Å². The van der Waals surface area contributed by atoms with Crippen molar-refractivity contribution >= 4 is 5.97 Å². The van der Waals surface area contributed by atoms with Crippen molar-refractivity contribution in [1.82, 2.24) is 4.90 Å². The van der Waals surface area contributed by atoms with Crippen LogP contribution in [-0.4, -0.2) is 30.1 Å². The Balaban J connectivity index is 1.67. The molecule has 0 bridgehead atoms. The fraction of sp³-hybridized carbons (Fsp3) is 0.500. The summed E-state index contributed by atoms with van der Waals surface area (Å²) < 4.78 is 5.26. The van der Waals surface area contributed by atoms with Gasteiger partial charge in [0.05, 0.1) is 5.92 Å². The number of carbonyl (C=O) groups is 1. The van der Waals surface area contributed by atoms with E-state index in [9.17, 15) is 4.79 Å². The fourth-order valence-corrected chi connectivity index (χ4v) is 2.97. The first-order valence-electron chi connectivity index (χ1n) is 6.21. The predicted molar refractivity (Wildman–Crippen MR) is 64.3 cm³/mol. The van der Waals surface area contributed by atoms with Crippen LogP contribution in [0.25, 0.3) is 0 Å². The van der Waals surface area contributed by atoms with E-state index in [1.807, 2.05) is 13.0 Å². The van der Waals surface area contributed by atoms with Crippen LogP contribution in [0, 0.1) is 11.8 Å². The van der Waals surface area contributed by atoms with Gasteiger partial charge in [-0.1, -0.05) is 30.3 Å². The van der Waals surface area contributed by atoms with E-state index in [4.69, 9.17) is 4.74 Å². The number of likely N-dealkylation sites (tertiary alicyclic amines) is 1. The van der Waals surface area contributed by atoms with Crippen molar-refractivity contribution in [3.8, 4) is 0 Å². The minimum absolute atomic E-state index is 0.00179. The van der Waals surface area contributed by atoms with Gasteiger partial charge in [-0.05, 0) is 12.5 Å². The molecule has 0 aliphatic carbocycles. The maximum atomic E-state index is 11.6. The number of nitrogens with zero attached hydrogens (tertiary/aromatic N) is 1. The van der Waals surface area contributed by atoms with Crippen LogP contribution < -0.4 is 0 Å². The summed E-state index contributed by atoms with van der Waals surface area (Å²) in [7, 11) is 0. The molecular formula is C14H17NO2. The molecule has 0 radical (unpaired) electrons. The van der Waals surface area contributed by atoms with E-state index in [-0.39, 0.29) is 18.0 Å². The highest BCUT2D eigenvalue weighted by Gasteiger charge is 2.47. The summed E-state index contributed by atoms with van der Waals surface area (Å²) in [5.41, 5.74) is 1.31. The van der Waals surface area contributed by atoms with Crippen LogP contribution in [0.5, 0.6) is 0 Å². The topological polar surface area (TPSA) is 29.5 Å². The summed E-state index contributed by atoms with van der Waals surface area (Å²) in [4.78, 5) is 14.0. The molecule has 2 heterocycles. The summed E-state index contributed by atoms with van der Waals surface area (Å²) in [6.45, 7) is 4.78. The van der Waals surface area contributed by atoms with E-state index >= 15 is 0 Å². The number of esters is 1. The lowest BCUT2D eigenvalue weighted by Gasteiger charge is -2.18. The number of rotatable bonds is 2. The van der Waals surface area contributed by atoms with E-state index in [2.05, 4.69) is 29.2 Å². The van der Waals surface area contributed by atoms with E-state index in [0.29, 0.717) is 5.92 Å². The van der Waals surface area contributed by atoms with Gasteiger partial charge in [0.1, 0.15) is 6.10 Å². The van der Waals surface area contributed by atoms with E-state index in [0.717, 1.165) is 19.6 Å². The first-order valence-corrected chi connectivity index (χ1v) is 6.21. The summed E-state index contributed by atoms with van der Waals surface area (Å²) >= 11 is 0. The molecule has 3 atom stereocenters. The van der Waals surface area contributed by atoms with Crippen LogP contribution >= 0.6 is 0 Å². The first-order chi connectivity index (χ1) is 8.24. The highest BCUT2D eigenvalue weighted by atomic mass is 16.6. The van der Waals surface area contributed by atoms with Gasteiger partial charge >= 0.3 is 5.97 Å². The number of hydrogen-bond donors (Lipinski definition) is 0. The van der Waals surface area contributed by atoms with E-state index in [1.165, 1.54) is 5.56 Å². The van der Waals surface area contributed by atoms with Crippen molar-refractivity contribution in [2.24, 2.45) is 11.8 Å². The monoisotopic (exact) mass is 231 g/mol. The smallest absolute Gasteiger partial charge is 0.310 e. The van der Waals surface area contributed by atoms with Crippen LogP contribution in [0.15, 0.2) is 30.3 Å².